The largest absolute Gasteiger partial charge is 0.382 e. The Morgan fingerprint density at radius 3 is 2.48 bits per heavy atom. The van der Waals surface area contributed by atoms with Gasteiger partial charge in [-0.05, 0) is 56.5 Å². The van der Waals surface area contributed by atoms with Crippen molar-refractivity contribution in [1.82, 2.24) is 10.2 Å². The molecule has 2 aromatic carbocycles. The van der Waals surface area contributed by atoms with Crippen molar-refractivity contribution in [2.75, 3.05) is 25.1 Å². The molecule has 1 heterocycles. The summed E-state index contributed by atoms with van der Waals surface area (Å²) in [5, 5.41) is 6.50. The summed E-state index contributed by atoms with van der Waals surface area (Å²) in [6.45, 7) is 10.0. The number of nitrogens with one attached hydrogen (secondary N) is 2. The van der Waals surface area contributed by atoms with Crippen molar-refractivity contribution in [2.45, 2.75) is 46.3 Å². The summed E-state index contributed by atoms with van der Waals surface area (Å²) in [5.41, 5.74) is 3.18. The number of ether oxygens (including phenoxy) is 1. The number of anilines is 1. The maximum Gasteiger partial charge on any atom is 0.256 e. The fourth-order valence-corrected chi connectivity index (χ4v) is 3.57. The summed E-state index contributed by atoms with van der Waals surface area (Å²) < 4.78 is 5.44. The molecule has 3 rings (SSSR count). The fourth-order valence-electron chi connectivity index (χ4n) is 3.57. The highest BCUT2D eigenvalue weighted by Crippen LogP contribution is 2.34. The SMILES string of the molecule is CCOCCCN1C(=O)c2ccccc2C1Nc1ccc(C(=O)NC(C)C(C)C)cc1. The Bertz CT molecular complexity index is 895. The number of benzene rings is 2. The lowest BCUT2D eigenvalue weighted by atomic mass is 10.1. The molecule has 1 aliphatic heterocycles. The highest BCUT2D eigenvalue weighted by molar-refractivity contribution is 5.99. The summed E-state index contributed by atoms with van der Waals surface area (Å²) in [4.78, 5) is 27.3. The van der Waals surface area contributed by atoms with Gasteiger partial charge in [-0.15, -0.1) is 0 Å². The molecule has 166 valence electrons. The number of rotatable bonds is 10. The van der Waals surface area contributed by atoms with E-state index < -0.39 is 0 Å². The predicted octanol–water partition coefficient (Wildman–Crippen LogP) is 4.45. The van der Waals surface area contributed by atoms with Crippen LogP contribution in [0.25, 0.3) is 0 Å². The molecule has 2 atom stereocenters. The minimum atomic E-state index is -0.244. The maximum atomic E-state index is 13.0. The van der Waals surface area contributed by atoms with E-state index >= 15 is 0 Å². The van der Waals surface area contributed by atoms with Crippen molar-refractivity contribution >= 4 is 17.5 Å². The first-order valence-electron chi connectivity index (χ1n) is 11.1. The van der Waals surface area contributed by atoms with Crippen LogP contribution in [0, 0.1) is 5.92 Å². The second-order valence-corrected chi connectivity index (χ2v) is 8.27. The van der Waals surface area contributed by atoms with Gasteiger partial charge in [0.05, 0.1) is 0 Å². The van der Waals surface area contributed by atoms with Crippen molar-refractivity contribution in [3.8, 4) is 0 Å². The van der Waals surface area contributed by atoms with Crippen LogP contribution in [0.4, 0.5) is 5.69 Å². The summed E-state index contributed by atoms with van der Waals surface area (Å²) in [6.07, 6.45) is 0.532. The molecule has 0 bridgehead atoms. The van der Waals surface area contributed by atoms with Crippen LogP contribution in [0.15, 0.2) is 48.5 Å². The molecule has 0 radical (unpaired) electrons. The van der Waals surface area contributed by atoms with E-state index in [4.69, 9.17) is 4.74 Å². The van der Waals surface area contributed by atoms with Crippen LogP contribution in [0.1, 0.15) is 66.6 Å². The third kappa shape index (κ3) is 5.44. The molecule has 0 saturated carbocycles. The third-order valence-corrected chi connectivity index (χ3v) is 5.76. The Morgan fingerprint density at radius 2 is 1.81 bits per heavy atom. The van der Waals surface area contributed by atoms with Gasteiger partial charge in [-0.25, -0.2) is 0 Å². The third-order valence-electron chi connectivity index (χ3n) is 5.76. The predicted molar refractivity (Wildman–Crippen MR) is 123 cm³/mol. The number of amides is 2. The van der Waals surface area contributed by atoms with Crippen molar-refractivity contribution < 1.29 is 14.3 Å². The van der Waals surface area contributed by atoms with Gasteiger partial charge in [0.25, 0.3) is 11.8 Å². The topological polar surface area (TPSA) is 70.7 Å². The van der Waals surface area contributed by atoms with E-state index in [0.717, 1.165) is 23.2 Å². The van der Waals surface area contributed by atoms with Gasteiger partial charge in [0.15, 0.2) is 0 Å². The first kappa shape index (κ1) is 22.8. The summed E-state index contributed by atoms with van der Waals surface area (Å²) in [5.74, 6) is 0.327. The van der Waals surface area contributed by atoms with Gasteiger partial charge >= 0.3 is 0 Å². The lowest BCUT2D eigenvalue weighted by Gasteiger charge is -2.27. The van der Waals surface area contributed by atoms with Crippen LogP contribution < -0.4 is 10.6 Å². The Balaban J connectivity index is 1.72. The zero-order valence-corrected chi connectivity index (χ0v) is 18.9. The normalized spacial score (nSPS) is 16.4. The zero-order valence-electron chi connectivity index (χ0n) is 18.9. The van der Waals surface area contributed by atoms with Crippen LogP contribution in [0.5, 0.6) is 0 Å². The van der Waals surface area contributed by atoms with E-state index in [0.29, 0.717) is 31.2 Å². The van der Waals surface area contributed by atoms with Crippen LogP contribution in [0.2, 0.25) is 0 Å². The molecule has 2 aromatic rings. The number of nitrogens with zero attached hydrogens (tertiary/aromatic N) is 1. The first-order valence-corrected chi connectivity index (χ1v) is 11.1. The molecule has 31 heavy (non-hydrogen) atoms. The number of fused-ring (bicyclic) bond motifs is 1. The van der Waals surface area contributed by atoms with Gasteiger partial charge < -0.3 is 20.3 Å². The minimum absolute atomic E-state index is 0.0308. The number of carbonyl (C=O) groups excluding carboxylic acids is 2. The standard InChI is InChI=1S/C25H33N3O3/c1-5-31-16-8-15-28-23(21-9-6-7-10-22(21)25(28)30)27-20-13-11-19(12-14-20)24(29)26-18(4)17(2)3/h6-7,9-14,17-18,23,27H,5,8,15-16H2,1-4H3,(H,26,29). The zero-order chi connectivity index (χ0) is 22.4. The Hall–Kier alpha value is -2.86. The van der Waals surface area contributed by atoms with Gasteiger partial charge in [-0.1, -0.05) is 32.0 Å². The lowest BCUT2D eigenvalue weighted by molar-refractivity contribution is 0.0708. The molecule has 6 nitrogen and oxygen atoms in total. The fraction of sp³-hybridized carbons (Fsp3) is 0.440. The van der Waals surface area contributed by atoms with Crippen molar-refractivity contribution in [3.05, 3.63) is 65.2 Å². The van der Waals surface area contributed by atoms with Gasteiger partial charge in [-0.3, -0.25) is 9.59 Å². The lowest BCUT2D eigenvalue weighted by Crippen LogP contribution is -2.36. The van der Waals surface area contributed by atoms with E-state index in [1.54, 1.807) is 0 Å². The van der Waals surface area contributed by atoms with Gasteiger partial charge in [0, 0.05) is 48.2 Å². The van der Waals surface area contributed by atoms with E-state index in [1.807, 2.05) is 67.3 Å². The van der Waals surface area contributed by atoms with Gasteiger partial charge in [-0.2, -0.15) is 0 Å². The smallest absolute Gasteiger partial charge is 0.256 e. The van der Waals surface area contributed by atoms with Crippen molar-refractivity contribution in [1.29, 1.82) is 0 Å². The second kappa shape index (κ2) is 10.4. The molecule has 0 fully saturated rings. The van der Waals surface area contributed by atoms with Gasteiger partial charge in [0.1, 0.15) is 6.17 Å². The van der Waals surface area contributed by atoms with Crippen molar-refractivity contribution in [3.63, 3.8) is 0 Å². The first-order chi connectivity index (χ1) is 14.9. The second-order valence-electron chi connectivity index (χ2n) is 8.27. The van der Waals surface area contributed by atoms with E-state index in [9.17, 15) is 9.59 Å². The summed E-state index contributed by atoms with van der Waals surface area (Å²) in [6, 6.07) is 15.2. The molecular weight excluding hydrogens is 390 g/mol. The van der Waals surface area contributed by atoms with Crippen LogP contribution in [0.3, 0.4) is 0 Å². The molecule has 2 unspecified atom stereocenters. The van der Waals surface area contributed by atoms with Gasteiger partial charge in [0.2, 0.25) is 0 Å². The number of hydrogen-bond donors (Lipinski definition) is 2. The number of carbonyl (C=O) groups is 2. The Labute approximate surface area is 185 Å². The number of hydrogen-bond acceptors (Lipinski definition) is 4. The monoisotopic (exact) mass is 423 g/mol. The maximum absolute atomic E-state index is 13.0. The highest BCUT2D eigenvalue weighted by atomic mass is 16.5. The average Bonchev–Trinajstić information content (AvgIpc) is 3.03. The average molecular weight is 424 g/mol. The summed E-state index contributed by atoms with van der Waals surface area (Å²) in [7, 11) is 0. The quantitative estimate of drug-likeness (QED) is 0.554. The summed E-state index contributed by atoms with van der Waals surface area (Å²) >= 11 is 0. The van der Waals surface area contributed by atoms with E-state index in [-0.39, 0.29) is 24.0 Å². The molecule has 2 N–H and O–H groups in total. The molecular formula is C25H33N3O3. The van der Waals surface area contributed by atoms with Crippen molar-refractivity contribution in [2.24, 2.45) is 5.92 Å². The highest BCUT2D eigenvalue weighted by Gasteiger charge is 2.36. The molecule has 0 saturated heterocycles. The molecule has 1 aliphatic rings. The van der Waals surface area contributed by atoms with E-state index in [2.05, 4.69) is 24.5 Å². The molecule has 0 aliphatic carbocycles. The molecule has 2 amide bonds. The molecule has 0 aromatic heterocycles. The minimum Gasteiger partial charge on any atom is -0.382 e. The molecule has 6 heteroatoms. The van der Waals surface area contributed by atoms with Crippen LogP contribution in [-0.4, -0.2) is 42.5 Å². The van der Waals surface area contributed by atoms with E-state index in [1.165, 1.54) is 0 Å². The Kier molecular flexibility index (Phi) is 7.69. The Morgan fingerprint density at radius 1 is 1.10 bits per heavy atom. The molecule has 0 spiro atoms. The van der Waals surface area contributed by atoms with Crippen LogP contribution >= 0.6 is 0 Å². The van der Waals surface area contributed by atoms with Crippen LogP contribution in [-0.2, 0) is 4.74 Å².